The van der Waals surface area contributed by atoms with Crippen molar-refractivity contribution in [3.05, 3.63) is 56.9 Å². The van der Waals surface area contributed by atoms with E-state index in [9.17, 15) is 14.4 Å². The van der Waals surface area contributed by atoms with E-state index in [-0.39, 0.29) is 16.9 Å². The van der Waals surface area contributed by atoms with Gasteiger partial charge in [-0.05, 0) is 30.3 Å². The van der Waals surface area contributed by atoms with Gasteiger partial charge in [0.15, 0.2) is 0 Å². The van der Waals surface area contributed by atoms with Crippen LogP contribution >= 0.6 is 0 Å². The summed E-state index contributed by atoms with van der Waals surface area (Å²) in [5.74, 6) is -1.17. The maximum atomic E-state index is 12.4. The Hall–Kier alpha value is -2.93. The number of imide groups is 1. The smallest absolute Gasteiger partial charge is 0.262 e. The molecule has 0 radical (unpaired) electrons. The maximum absolute atomic E-state index is 12.4. The summed E-state index contributed by atoms with van der Waals surface area (Å²) in [6, 6.07) is 6.82. The number of pyridine rings is 1. The Morgan fingerprint density at radius 3 is 2.57 bits per heavy atom. The van der Waals surface area contributed by atoms with Crippen LogP contribution in [0.1, 0.15) is 31.8 Å². The molecule has 3 N–H and O–H groups in total. The van der Waals surface area contributed by atoms with Gasteiger partial charge in [-0.2, -0.15) is 0 Å². The van der Waals surface area contributed by atoms with Crippen molar-refractivity contribution in [2.45, 2.75) is 13.1 Å². The summed E-state index contributed by atoms with van der Waals surface area (Å²) < 4.78 is 1.27. The second-order valence-corrected chi connectivity index (χ2v) is 5.90. The van der Waals surface area contributed by atoms with Gasteiger partial charge in [0, 0.05) is 19.2 Å². The summed E-state index contributed by atoms with van der Waals surface area (Å²) in [6.07, 6.45) is 0. The Balaban J connectivity index is 1.93. The summed E-state index contributed by atoms with van der Waals surface area (Å²) in [7, 11) is 2.02. The van der Waals surface area contributed by atoms with Crippen molar-refractivity contribution in [3.63, 3.8) is 0 Å². The Labute approximate surface area is 131 Å². The van der Waals surface area contributed by atoms with Crippen LogP contribution in [0, 0.1) is 0 Å². The van der Waals surface area contributed by atoms with Crippen LogP contribution in [0.3, 0.4) is 0 Å². The number of hydrogen-bond acceptors (Lipinski definition) is 5. The molecule has 0 unspecified atom stereocenters. The third-order valence-corrected chi connectivity index (χ3v) is 4.28. The van der Waals surface area contributed by atoms with Gasteiger partial charge >= 0.3 is 0 Å². The maximum Gasteiger partial charge on any atom is 0.262 e. The minimum Gasteiger partial charge on any atom is -0.384 e. The molecule has 0 bridgehead atoms. The van der Waals surface area contributed by atoms with Gasteiger partial charge < -0.3 is 5.73 Å². The molecule has 7 heteroatoms. The van der Waals surface area contributed by atoms with E-state index in [1.807, 2.05) is 19.2 Å². The van der Waals surface area contributed by atoms with Gasteiger partial charge in [0.2, 0.25) is 0 Å². The van der Waals surface area contributed by atoms with Crippen molar-refractivity contribution in [1.29, 1.82) is 0 Å². The van der Waals surface area contributed by atoms with E-state index in [1.54, 1.807) is 6.07 Å². The van der Waals surface area contributed by atoms with Crippen molar-refractivity contribution in [3.8, 4) is 5.69 Å². The highest BCUT2D eigenvalue weighted by Gasteiger charge is 2.32. The number of carbonyl (C=O) groups is 2. The number of nitrogens with one attached hydrogen (secondary N) is 1. The predicted molar refractivity (Wildman–Crippen MR) is 83.4 cm³/mol. The summed E-state index contributed by atoms with van der Waals surface area (Å²) >= 11 is 0. The highest BCUT2D eigenvalue weighted by molar-refractivity contribution is 6.23. The minimum atomic E-state index is -0.587. The van der Waals surface area contributed by atoms with Crippen molar-refractivity contribution in [2.24, 2.45) is 0 Å². The fourth-order valence-electron chi connectivity index (χ4n) is 3.24. The number of benzene rings is 1. The molecule has 0 spiro atoms. The van der Waals surface area contributed by atoms with Crippen molar-refractivity contribution >= 4 is 17.6 Å². The average molecular weight is 310 g/mol. The van der Waals surface area contributed by atoms with Crippen molar-refractivity contribution in [2.75, 3.05) is 12.8 Å². The number of aromatic nitrogens is 1. The summed E-state index contributed by atoms with van der Waals surface area (Å²) in [5, 5.41) is 2.16. The van der Waals surface area contributed by atoms with Gasteiger partial charge in [-0.1, -0.05) is 6.07 Å². The number of nitrogen functional groups attached to an aromatic ring is 1. The van der Waals surface area contributed by atoms with Gasteiger partial charge in [-0.15, -0.1) is 0 Å². The number of hydrogen-bond donors (Lipinski definition) is 2. The van der Waals surface area contributed by atoms with Crippen LogP contribution in [0.5, 0.6) is 0 Å². The van der Waals surface area contributed by atoms with Crippen LogP contribution in [0.4, 0.5) is 5.82 Å². The van der Waals surface area contributed by atoms with Gasteiger partial charge in [-0.3, -0.25) is 29.2 Å². The van der Waals surface area contributed by atoms with Gasteiger partial charge in [0.25, 0.3) is 17.4 Å². The van der Waals surface area contributed by atoms with E-state index in [1.165, 1.54) is 10.1 Å². The van der Waals surface area contributed by atoms with E-state index < -0.39 is 17.4 Å². The third kappa shape index (κ3) is 1.90. The van der Waals surface area contributed by atoms with Crippen LogP contribution < -0.4 is 16.6 Å². The fraction of sp³-hybridized carbons (Fsp3) is 0.188. The Morgan fingerprint density at radius 1 is 1.04 bits per heavy atom. The molecular weight excluding hydrogens is 296 g/mol. The van der Waals surface area contributed by atoms with Crippen LogP contribution in [-0.2, 0) is 13.1 Å². The van der Waals surface area contributed by atoms with Crippen LogP contribution in [0.25, 0.3) is 5.69 Å². The van der Waals surface area contributed by atoms with Crippen LogP contribution in [0.15, 0.2) is 29.1 Å². The monoisotopic (exact) mass is 310 g/mol. The zero-order valence-corrected chi connectivity index (χ0v) is 12.4. The first-order valence-electron chi connectivity index (χ1n) is 7.17. The van der Waals surface area contributed by atoms with Gasteiger partial charge in [0.05, 0.1) is 16.8 Å². The molecule has 3 heterocycles. The first-order valence-corrected chi connectivity index (χ1v) is 7.17. The molecule has 0 saturated heterocycles. The van der Waals surface area contributed by atoms with E-state index in [0.717, 1.165) is 24.7 Å². The topological polar surface area (TPSA) is 97.4 Å². The van der Waals surface area contributed by atoms with E-state index in [2.05, 4.69) is 10.2 Å². The van der Waals surface area contributed by atoms with Crippen LogP contribution in [0.2, 0.25) is 0 Å². The number of amides is 2. The lowest BCUT2D eigenvalue weighted by molar-refractivity contribution is 0.0880. The van der Waals surface area contributed by atoms with Crippen molar-refractivity contribution < 1.29 is 9.59 Å². The lowest BCUT2D eigenvalue weighted by Crippen LogP contribution is -2.24. The zero-order valence-electron chi connectivity index (χ0n) is 12.4. The molecule has 0 atom stereocenters. The van der Waals surface area contributed by atoms with E-state index in [4.69, 9.17) is 5.73 Å². The molecule has 23 heavy (non-hydrogen) atoms. The quantitative estimate of drug-likeness (QED) is 0.736. The van der Waals surface area contributed by atoms with Gasteiger partial charge in [0.1, 0.15) is 5.82 Å². The number of nitrogens with zero attached hydrogens (tertiary/aromatic N) is 2. The molecule has 1 aromatic carbocycles. The number of anilines is 1. The largest absolute Gasteiger partial charge is 0.384 e. The highest BCUT2D eigenvalue weighted by Crippen LogP contribution is 2.27. The van der Waals surface area contributed by atoms with E-state index in [0.29, 0.717) is 5.69 Å². The lowest BCUT2D eigenvalue weighted by atomic mass is 10.1. The Kier molecular flexibility index (Phi) is 2.70. The third-order valence-electron chi connectivity index (χ3n) is 4.28. The molecule has 1 aromatic heterocycles. The van der Waals surface area contributed by atoms with Gasteiger partial charge in [-0.25, -0.2) is 0 Å². The number of fused-ring (bicyclic) bond motifs is 2. The molecular formula is C16H14N4O3. The molecule has 4 rings (SSSR count). The number of rotatable bonds is 1. The first kappa shape index (κ1) is 13.7. The standard InChI is InChI=1S/C16H14N4O3/c1-19-6-8-2-3-10(4-9(8)7-19)20-12(21)5-11-13(14(20)17)16(23)18-15(11)22/h2-5H,6-7,17H2,1H3,(H,18,22,23). The summed E-state index contributed by atoms with van der Waals surface area (Å²) in [5.41, 5.74) is 8.62. The molecule has 2 aromatic rings. The molecule has 0 saturated carbocycles. The highest BCUT2D eigenvalue weighted by atomic mass is 16.2. The molecule has 116 valence electrons. The Bertz CT molecular complexity index is 945. The zero-order chi connectivity index (χ0) is 16.3. The summed E-state index contributed by atoms with van der Waals surface area (Å²) in [4.78, 5) is 38.1. The minimum absolute atomic E-state index is 0.0119. The molecule has 7 nitrogen and oxygen atoms in total. The number of nitrogens with two attached hydrogens (primary N) is 1. The molecule has 2 aliphatic rings. The number of carbonyl (C=O) groups excluding carboxylic acids is 2. The second-order valence-electron chi connectivity index (χ2n) is 5.90. The molecule has 0 fully saturated rings. The molecule has 2 amide bonds. The SMILES string of the molecule is CN1Cc2ccc(-n3c(N)c4c(cc3=O)C(=O)NC4=O)cc2C1. The first-order chi connectivity index (χ1) is 11.0. The Morgan fingerprint density at radius 2 is 1.78 bits per heavy atom. The summed E-state index contributed by atoms with van der Waals surface area (Å²) in [6.45, 7) is 1.66. The van der Waals surface area contributed by atoms with Crippen molar-refractivity contribution in [1.82, 2.24) is 14.8 Å². The normalized spacial score (nSPS) is 16.4. The fourth-order valence-corrected chi connectivity index (χ4v) is 3.24. The van der Waals surface area contributed by atoms with Crippen LogP contribution in [-0.4, -0.2) is 28.3 Å². The average Bonchev–Trinajstić information content (AvgIpc) is 2.98. The molecule has 2 aliphatic heterocycles. The molecule has 0 aliphatic carbocycles. The van der Waals surface area contributed by atoms with E-state index >= 15 is 0 Å². The predicted octanol–water partition coefficient (Wildman–Crippen LogP) is 0.249. The second kappa shape index (κ2) is 4.53. The lowest BCUT2D eigenvalue weighted by Gasteiger charge is -2.13.